The Morgan fingerprint density at radius 2 is 1.77 bits per heavy atom. The van der Waals surface area contributed by atoms with Crippen molar-refractivity contribution in [3.63, 3.8) is 0 Å². The van der Waals surface area contributed by atoms with Gasteiger partial charge in [-0.15, -0.1) is 0 Å². The van der Waals surface area contributed by atoms with Crippen molar-refractivity contribution >= 4 is 0 Å². The largest absolute Gasteiger partial charge is 0.393 e. The highest BCUT2D eigenvalue weighted by atomic mass is 16.3. The molecule has 0 aliphatic heterocycles. The van der Waals surface area contributed by atoms with Crippen molar-refractivity contribution in [2.24, 2.45) is 29.1 Å². The van der Waals surface area contributed by atoms with Gasteiger partial charge < -0.3 is 10.2 Å². The van der Waals surface area contributed by atoms with Gasteiger partial charge in [-0.2, -0.15) is 0 Å². The van der Waals surface area contributed by atoms with Crippen molar-refractivity contribution in [2.45, 2.75) is 122 Å². The van der Waals surface area contributed by atoms with Crippen LogP contribution in [0.1, 0.15) is 110 Å². The minimum absolute atomic E-state index is 0.120. The summed E-state index contributed by atoms with van der Waals surface area (Å²) < 4.78 is 0. The van der Waals surface area contributed by atoms with Crippen LogP contribution in [0, 0.1) is 29.1 Å². The lowest BCUT2D eigenvalue weighted by Gasteiger charge is -2.61. The van der Waals surface area contributed by atoms with E-state index in [0.29, 0.717) is 23.2 Å². The van der Waals surface area contributed by atoms with Crippen LogP contribution in [0.25, 0.3) is 0 Å². The number of hydrogen-bond donors (Lipinski definition) is 2. The summed E-state index contributed by atoms with van der Waals surface area (Å²) in [5, 5.41) is 21.5. The van der Waals surface area contributed by atoms with Gasteiger partial charge in [-0.1, -0.05) is 65.2 Å². The summed E-state index contributed by atoms with van der Waals surface area (Å²) in [6.07, 6.45) is 18.5. The minimum Gasteiger partial charge on any atom is -0.393 e. The quantitative estimate of drug-likeness (QED) is 0.486. The van der Waals surface area contributed by atoms with Crippen LogP contribution >= 0.6 is 0 Å². The van der Waals surface area contributed by atoms with Gasteiger partial charge in [0.25, 0.3) is 0 Å². The van der Waals surface area contributed by atoms with Crippen molar-refractivity contribution in [2.75, 3.05) is 0 Å². The molecule has 0 saturated heterocycles. The maximum Gasteiger partial charge on any atom is 0.0571 e. The van der Waals surface area contributed by atoms with E-state index in [1.807, 2.05) is 0 Å². The van der Waals surface area contributed by atoms with E-state index in [9.17, 15) is 10.2 Å². The van der Waals surface area contributed by atoms with E-state index in [2.05, 4.69) is 13.8 Å². The van der Waals surface area contributed by atoms with Crippen LogP contribution in [0.3, 0.4) is 0 Å². The Morgan fingerprint density at radius 3 is 2.50 bits per heavy atom. The Kier molecular flexibility index (Phi) is 7.48. The van der Waals surface area contributed by atoms with E-state index in [1.54, 1.807) is 0 Å². The molecule has 152 valence electrons. The molecule has 3 rings (SSSR count). The van der Waals surface area contributed by atoms with E-state index < -0.39 is 0 Å². The highest BCUT2D eigenvalue weighted by molar-refractivity contribution is 5.06. The molecule has 3 fully saturated rings. The Labute approximate surface area is 162 Å². The van der Waals surface area contributed by atoms with E-state index in [4.69, 9.17) is 0 Å². The summed E-state index contributed by atoms with van der Waals surface area (Å²) in [6, 6.07) is 0. The molecule has 3 aliphatic carbocycles. The standard InChI is InChI=1S/C24H44O2/c1-3-4-5-7-12-19-17-24(2)16-15-22(26)20(23(19)24)13-14-21(25)18-10-8-6-9-11-18/h18-23,25-26H,3-17H2,1-2H3/t19?,20-,21+,22+,23-,24-/m1/s1. The molecule has 0 bridgehead atoms. The molecule has 2 N–H and O–H groups in total. The monoisotopic (exact) mass is 364 g/mol. The molecule has 2 heteroatoms. The zero-order chi connectivity index (χ0) is 18.6. The first-order valence-corrected chi connectivity index (χ1v) is 11.9. The second-order valence-corrected chi connectivity index (χ2v) is 10.3. The summed E-state index contributed by atoms with van der Waals surface area (Å²) in [5.41, 5.74) is 0.481. The number of aliphatic hydroxyl groups is 2. The molecule has 6 atom stereocenters. The molecule has 3 aliphatic rings. The lowest BCUT2D eigenvalue weighted by molar-refractivity contribution is -0.152. The molecule has 0 aromatic heterocycles. The van der Waals surface area contributed by atoms with Crippen LogP contribution < -0.4 is 0 Å². The maximum absolute atomic E-state index is 10.8. The molecular formula is C24H44O2. The van der Waals surface area contributed by atoms with Crippen molar-refractivity contribution in [3.05, 3.63) is 0 Å². The van der Waals surface area contributed by atoms with Crippen LogP contribution in [0.2, 0.25) is 0 Å². The predicted molar refractivity (Wildman–Crippen MR) is 109 cm³/mol. The first-order valence-electron chi connectivity index (χ1n) is 11.9. The lowest BCUT2D eigenvalue weighted by Crippen LogP contribution is -2.56. The third-order valence-corrected chi connectivity index (χ3v) is 8.43. The van der Waals surface area contributed by atoms with Gasteiger partial charge in [-0.05, 0) is 74.0 Å². The second kappa shape index (κ2) is 9.41. The fourth-order valence-corrected chi connectivity index (χ4v) is 6.94. The summed E-state index contributed by atoms with van der Waals surface area (Å²) in [7, 11) is 0. The van der Waals surface area contributed by atoms with Gasteiger partial charge >= 0.3 is 0 Å². The van der Waals surface area contributed by atoms with Crippen molar-refractivity contribution in [1.82, 2.24) is 0 Å². The van der Waals surface area contributed by atoms with Gasteiger partial charge in [0.1, 0.15) is 0 Å². The topological polar surface area (TPSA) is 40.5 Å². The Hall–Kier alpha value is -0.0800. The fourth-order valence-electron chi connectivity index (χ4n) is 6.94. The van der Waals surface area contributed by atoms with E-state index in [0.717, 1.165) is 25.2 Å². The third-order valence-electron chi connectivity index (χ3n) is 8.43. The van der Waals surface area contributed by atoms with Crippen LogP contribution in [-0.2, 0) is 0 Å². The first kappa shape index (κ1) is 20.6. The van der Waals surface area contributed by atoms with E-state index >= 15 is 0 Å². The summed E-state index contributed by atoms with van der Waals surface area (Å²) in [6.45, 7) is 4.77. The molecule has 26 heavy (non-hydrogen) atoms. The van der Waals surface area contributed by atoms with Gasteiger partial charge in [0, 0.05) is 0 Å². The van der Waals surface area contributed by atoms with Crippen molar-refractivity contribution < 1.29 is 10.2 Å². The Balaban J connectivity index is 1.53. The molecule has 0 spiro atoms. The molecule has 0 amide bonds. The molecule has 0 radical (unpaired) electrons. The van der Waals surface area contributed by atoms with Crippen molar-refractivity contribution in [3.8, 4) is 0 Å². The first-order chi connectivity index (χ1) is 12.5. The molecule has 0 aromatic rings. The summed E-state index contributed by atoms with van der Waals surface area (Å²) in [4.78, 5) is 0. The van der Waals surface area contributed by atoms with Crippen LogP contribution in [0.15, 0.2) is 0 Å². The molecule has 0 heterocycles. The summed E-state index contributed by atoms with van der Waals surface area (Å²) in [5.74, 6) is 2.52. The molecule has 3 saturated carbocycles. The van der Waals surface area contributed by atoms with E-state index in [1.165, 1.54) is 77.0 Å². The number of fused-ring (bicyclic) bond motifs is 1. The van der Waals surface area contributed by atoms with Gasteiger partial charge in [-0.3, -0.25) is 0 Å². The van der Waals surface area contributed by atoms with Crippen molar-refractivity contribution in [1.29, 1.82) is 0 Å². The number of hydrogen-bond acceptors (Lipinski definition) is 2. The van der Waals surface area contributed by atoms with Gasteiger partial charge in [-0.25, -0.2) is 0 Å². The number of aliphatic hydroxyl groups excluding tert-OH is 2. The van der Waals surface area contributed by atoms with Gasteiger partial charge in [0.2, 0.25) is 0 Å². The summed E-state index contributed by atoms with van der Waals surface area (Å²) >= 11 is 0. The van der Waals surface area contributed by atoms with Gasteiger partial charge in [0.15, 0.2) is 0 Å². The highest BCUT2D eigenvalue weighted by Crippen LogP contribution is 2.63. The molecule has 2 nitrogen and oxygen atoms in total. The number of rotatable bonds is 9. The zero-order valence-corrected chi connectivity index (χ0v) is 17.5. The smallest absolute Gasteiger partial charge is 0.0571 e. The second-order valence-electron chi connectivity index (χ2n) is 10.3. The Bertz CT molecular complexity index is 416. The molecule has 1 unspecified atom stereocenters. The normalized spacial score (nSPS) is 39.2. The maximum atomic E-state index is 10.8. The SMILES string of the molecule is CCCCCCC1C[C@@]2(C)CC[C@H](O)[C@@H](CC[C@H](O)C3CCCCC3)[C@@H]12. The zero-order valence-electron chi connectivity index (χ0n) is 17.5. The van der Waals surface area contributed by atoms with E-state index in [-0.39, 0.29) is 12.2 Å². The fraction of sp³-hybridized carbons (Fsp3) is 1.00. The minimum atomic E-state index is -0.126. The van der Waals surface area contributed by atoms with Crippen LogP contribution in [-0.4, -0.2) is 22.4 Å². The van der Waals surface area contributed by atoms with Crippen LogP contribution in [0.4, 0.5) is 0 Å². The van der Waals surface area contributed by atoms with Gasteiger partial charge in [0.05, 0.1) is 12.2 Å². The lowest BCUT2D eigenvalue weighted by atomic mass is 9.44. The average molecular weight is 365 g/mol. The molecule has 0 aromatic carbocycles. The highest BCUT2D eigenvalue weighted by Gasteiger charge is 2.56. The predicted octanol–water partition coefficient (Wildman–Crippen LogP) is 6.09. The number of unbranched alkanes of at least 4 members (excludes halogenated alkanes) is 3. The molecular weight excluding hydrogens is 320 g/mol. The Morgan fingerprint density at radius 1 is 1.00 bits per heavy atom. The average Bonchev–Trinajstić information content (AvgIpc) is 2.65. The van der Waals surface area contributed by atoms with Crippen LogP contribution in [0.5, 0.6) is 0 Å². The third kappa shape index (κ3) is 4.66.